The predicted molar refractivity (Wildman–Crippen MR) is 64.6 cm³/mol. The molecule has 1 unspecified atom stereocenters. The fourth-order valence-electron chi connectivity index (χ4n) is 2.13. The van der Waals surface area contributed by atoms with Gasteiger partial charge in [0.15, 0.2) is 16.9 Å². The van der Waals surface area contributed by atoms with Crippen LogP contribution in [0.5, 0.6) is 5.75 Å². The molecule has 2 heterocycles. The second kappa shape index (κ2) is 4.09. The van der Waals surface area contributed by atoms with Gasteiger partial charge in [-0.05, 0) is 12.1 Å². The smallest absolute Gasteiger partial charge is 0.336 e. The van der Waals surface area contributed by atoms with E-state index in [1.807, 2.05) is 0 Å². The zero-order chi connectivity index (χ0) is 13.6. The van der Waals surface area contributed by atoms with Crippen LogP contribution < -0.4 is 15.6 Å². The maximum absolute atomic E-state index is 11.4. The molecule has 1 aromatic carbocycles. The van der Waals surface area contributed by atoms with Crippen LogP contribution in [0.1, 0.15) is 0 Å². The molecule has 7 nitrogen and oxygen atoms in total. The van der Waals surface area contributed by atoms with Gasteiger partial charge in [0.05, 0.1) is 24.1 Å². The van der Waals surface area contributed by atoms with Gasteiger partial charge < -0.3 is 18.8 Å². The molecule has 0 aliphatic carbocycles. The molecule has 98 valence electrons. The molecule has 0 aliphatic heterocycles. The molecule has 7 heteroatoms. The summed E-state index contributed by atoms with van der Waals surface area (Å²) in [6, 6.07) is 4.10. The molecule has 3 aromatic rings. The highest BCUT2D eigenvalue weighted by atomic mass is 16.8. The average molecular weight is 263 g/mol. The molecule has 2 N–H and O–H groups in total. The second-order valence-electron chi connectivity index (χ2n) is 3.87. The molecule has 0 radical (unpaired) electrons. The lowest BCUT2D eigenvalue weighted by Crippen LogP contribution is -2.99. The first-order valence-corrected chi connectivity index (χ1v) is 5.37. The number of nitrogens with one attached hydrogen (secondary N) is 1. The van der Waals surface area contributed by atoms with Crippen molar-refractivity contribution in [3.63, 3.8) is 0 Å². The molecule has 0 saturated carbocycles. The quantitative estimate of drug-likeness (QED) is 0.527. The van der Waals surface area contributed by atoms with Crippen LogP contribution in [0.3, 0.4) is 0 Å². The number of quaternary nitrogens is 1. The summed E-state index contributed by atoms with van der Waals surface area (Å²) >= 11 is 0. The van der Waals surface area contributed by atoms with Crippen LogP contribution in [0.15, 0.2) is 38.1 Å². The SMILES string of the molecule is COc1c2occc2c([NH+]([O-])O)c2ccc(=O)oc12. The van der Waals surface area contributed by atoms with E-state index in [4.69, 9.17) is 13.6 Å². The van der Waals surface area contributed by atoms with Crippen molar-refractivity contribution in [1.82, 2.24) is 0 Å². The highest BCUT2D eigenvalue weighted by Crippen LogP contribution is 2.39. The molecule has 3 rings (SSSR count). The number of methoxy groups -OCH3 is 1. The Morgan fingerprint density at radius 1 is 1.26 bits per heavy atom. The van der Waals surface area contributed by atoms with Crippen molar-refractivity contribution in [2.45, 2.75) is 0 Å². The zero-order valence-electron chi connectivity index (χ0n) is 9.80. The summed E-state index contributed by atoms with van der Waals surface area (Å²) in [6.45, 7) is 0. The minimum atomic E-state index is -1.13. The summed E-state index contributed by atoms with van der Waals surface area (Å²) in [4.78, 5) is 11.3. The van der Waals surface area contributed by atoms with E-state index >= 15 is 0 Å². The summed E-state index contributed by atoms with van der Waals surface area (Å²) in [6.07, 6.45) is 1.36. The van der Waals surface area contributed by atoms with Crippen LogP contribution in [0.2, 0.25) is 0 Å². The highest BCUT2D eigenvalue weighted by molar-refractivity contribution is 6.09. The van der Waals surface area contributed by atoms with Gasteiger partial charge >= 0.3 is 5.63 Å². The zero-order valence-corrected chi connectivity index (χ0v) is 9.80. The highest BCUT2D eigenvalue weighted by Gasteiger charge is 2.23. The van der Waals surface area contributed by atoms with Crippen molar-refractivity contribution >= 4 is 27.6 Å². The van der Waals surface area contributed by atoms with Gasteiger partial charge in [-0.15, -0.1) is 0 Å². The summed E-state index contributed by atoms with van der Waals surface area (Å²) in [5, 5.41) is 20.3. The predicted octanol–water partition coefficient (Wildman–Crippen LogP) is 0.951. The van der Waals surface area contributed by atoms with Crippen LogP contribution in [0.25, 0.3) is 21.9 Å². The summed E-state index contributed by atoms with van der Waals surface area (Å²) in [7, 11) is 1.39. The fourth-order valence-corrected chi connectivity index (χ4v) is 2.13. The first-order chi connectivity index (χ1) is 9.13. The Kier molecular flexibility index (Phi) is 2.53. The summed E-state index contributed by atoms with van der Waals surface area (Å²) in [5.41, 5.74) is -0.270. The van der Waals surface area contributed by atoms with E-state index in [1.165, 1.54) is 31.6 Å². The third kappa shape index (κ3) is 1.60. The van der Waals surface area contributed by atoms with E-state index in [2.05, 4.69) is 0 Å². The molecule has 0 bridgehead atoms. The van der Waals surface area contributed by atoms with Crippen LogP contribution in [-0.2, 0) is 0 Å². The van der Waals surface area contributed by atoms with Crippen LogP contribution in [0, 0.1) is 5.21 Å². The van der Waals surface area contributed by atoms with Crippen molar-refractivity contribution < 1.29 is 24.0 Å². The lowest BCUT2D eigenvalue weighted by Gasteiger charge is -2.15. The third-order valence-electron chi connectivity index (χ3n) is 2.87. The lowest BCUT2D eigenvalue weighted by atomic mass is 10.1. The van der Waals surface area contributed by atoms with Crippen molar-refractivity contribution in [2.75, 3.05) is 7.11 Å². The van der Waals surface area contributed by atoms with Gasteiger partial charge in [-0.2, -0.15) is 5.23 Å². The Labute approximate surface area is 105 Å². The number of rotatable bonds is 2. The normalized spacial score (nSPS) is 13.0. The maximum atomic E-state index is 11.4. The summed E-state index contributed by atoms with van der Waals surface area (Å²) in [5.74, 6) is 0.206. The molecule has 0 fully saturated rings. The van der Waals surface area contributed by atoms with Gasteiger partial charge in [-0.25, -0.2) is 10.0 Å². The van der Waals surface area contributed by atoms with Gasteiger partial charge in [0, 0.05) is 6.07 Å². The molecule has 1 atom stereocenters. The first-order valence-electron chi connectivity index (χ1n) is 5.37. The number of hydrogen-bond acceptors (Lipinski definition) is 6. The maximum Gasteiger partial charge on any atom is 0.336 e. The minimum absolute atomic E-state index is 0.0169. The van der Waals surface area contributed by atoms with Crippen molar-refractivity contribution in [1.29, 1.82) is 0 Å². The van der Waals surface area contributed by atoms with Crippen LogP contribution in [-0.4, -0.2) is 12.3 Å². The van der Waals surface area contributed by atoms with Crippen molar-refractivity contribution in [3.8, 4) is 5.75 Å². The lowest BCUT2D eigenvalue weighted by molar-refractivity contribution is -0.989. The fraction of sp³-hybridized carbons (Fsp3) is 0.0833. The molecule has 0 spiro atoms. The monoisotopic (exact) mass is 263 g/mol. The molecule has 0 aliphatic rings. The molecule has 2 aromatic heterocycles. The van der Waals surface area contributed by atoms with Crippen molar-refractivity contribution in [2.24, 2.45) is 0 Å². The second-order valence-corrected chi connectivity index (χ2v) is 3.87. The third-order valence-corrected chi connectivity index (χ3v) is 2.87. The topological polar surface area (TPSA) is 100 Å². The number of fused-ring (bicyclic) bond motifs is 2. The van der Waals surface area contributed by atoms with E-state index in [9.17, 15) is 15.2 Å². The van der Waals surface area contributed by atoms with Gasteiger partial charge in [0.1, 0.15) is 0 Å². The number of furan rings is 1. The van der Waals surface area contributed by atoms with Crippen molar-refractivity contribution in [3.05, 3.63) is 40.1 Å². The van der Waals surface area contributed by atoms with E-state index in [0.29, 0.717) is 5.39 Å². The van der Waals surface area contributed by atoms with E-state index < -0.39 is 10.9 Å². The Morgan fingerprint density at radius 3 is 2.68 bits per heavy atom. The van der Waals surface area contributed by atoms with Gasteiger partial charge in [-0.3, -0.25) is 0 Å². The molecule has 0 saturated heterocycles. The Balaban J connectivity index is 2.63. The number of hydrogen-bond donors (Lipinski definition) is 2. The molecular formula is C12H9NO6. The average Bonchev–Trinajstić information content (AvgIpc) is 2.83. The van der Waals surface area contributed by atoms with E-state index in [-0.39, 0.29) is 28.0 Å². The van der Waals surface area contributed by atoms with Gasteiger partial charge in [-0.1, -0.05) is 0 Å². The van der Waals surface area contributed by atoms with Gasteiger partial charge in [0.2, 0.25) is 5.75 Å². The molecular weight excluding hydrogens is 254 g/mol. The first kappa shape index (κ1) is 11.7. The molecule has 0 amide bonds. The van der Waals surface area contributed by atoms with E-state index in [1.54, 1.807) is 0 Å². The minimum Gasteiger partial charge on any atom is -0.595 e. The molecule has 19 heavy (non-hydrogen) atoms. The Hall–Kier alpha value is -2.35. The number of ether oxygens (including phenoxy) is 1. The summed E-state index contributed by atoms with van der Waals surface area (Å²) < 4.78 is 15.4. The van der Waals surface area contributed by atoms with Crippen LogP contribution >= 0.6 is 0 Å². The van der Waals surface area contributed by atoms with E-state index in [0.717, 1.165) is 0 Å². The number of benzene rings is 1. The Morgan fingerprint density at radius 2 is 2.00 bits per heavy atom. The van der Waals surface area contributed by atoms with Crippen LogP contribution in [0.4, 0.5) is 5.69 Å². The Bertz CT molecular complexity index is 816. The van der Waals surface area contributed by atoms with Gasteiger partial charge in [0.25, 0.3) is 0 Å². The standard InChI is InChI=1S/C12H9NO6/c1-17-12-10-7(4-5-18-10)9(13(15)16)6-2-3-8(14)19-11(6)12/h2-5,13,15H,1H3. The largest absolute Gasteiger partial charge is 0.595 e.